The molecule has 0 bridgehead atoms. The van der Waals surface area contributed by atoms with Crippen molar-refractivity contribution in [3.8, 4) is 11.6 Å². The van der Waals surface area contributed by atoms with Gasteiger partial charge in [-0.3, -0.25) is 0 Å². The molecule has 0 saturated heterocycles. The maximum atomic E-state index is 12.9. The fourth-order valence-corrected chi connectivity index (χ4v) is 2.09. The lowest BCUT2D eigenvalue weighted by Gasteiger charge is -2.13. The first-order chi connectivity index (χ1) is 11.2. The molecule has 5 nitrogen and oxygen atoms in total. The summed E-state index contributed by atoms with van der Waals surface area (Å²) >= 11 is 0. The van der Waals surface area contributed by atoms with Crippen LogP contribution in [-0.4, -0.2) is 16.0 Å². The predicted molar refractivity (Wildman–Crippen MR) is 84.0 cm³/mol. The highest BCUT2D eigenvalue weighted by atomic mass is 19.1. The van der Waals surface area contributed by atoms with Gasteiger partial charge in [0.05, 0.1) is 6.26 Å². The van der Waals surface area contributed by atoms with Crippen molar-refractivity contribution in [1.29, 1.82) is 0 Å². The van der Waals surface area contributed by atoms with Gasteiger partial charge in [0.25, 0.3) is 0 Å². The van der Waals surface area contributed by atoms with Crippen LogP contribution in [0, 0.1) is 5.82 Å². The lowest BCUT2D eigenvalue weighted by Crippen LogP contribution is -2.19. The van der Waals surface area contributed by atoms with Gasteiger partial charge in [-0.2, -0.15) is 4.98 Å². The first kappa shape index (κ1) is 15.0. The summed E-state index contributed by atoms with van der Waals surface area (Å²) in [5.41, 5.74) is 0. The van der Waals surface area contributed by atoms with Crippen molar-refractivity contribution in [2.75, 3.05) is 5.32 Å². The SMILES string of the molecule is CC(Cc1ccco1)Nc1nccc(Oc2ccc(F)cc2)n1. The first-order valence-corrected chi connectivity index (χ1v) is 7.24. The number of hydrogen-bond acceptors (Lipinski definition) is 5. The number of furan rings is 1. The number of halogens is 1. The Labute approximate surface area is 133 Å². The zero-order valence-corrected chi connectivity index (χ0v) is 12.6. The molecule has 0 aliphatic carbocycles. The van der Waals surface area contributed by atoms with E-state index in [1.54, 1.807) is 30.7 Å². The van der Waals surface area contributed by atoms with Crippen molar-refractivity contribution in [1.82, 2.24) is 9.97 Å². The molecular formula is C17H16FN3O2. The van der Waals surface area contributed by atoms with E-state index in [0.717, 1.165) is 12.2 Å². The van der Waals surface area contributed by atoms with Crippen molar-refractivity contribution in [3.05, 3.63) is 66.5 Å². The van der Waals surface area contributed by atoms with E-state index in [4.69, 9.17) is 9.15 Å². The van der Waals surface area contributed by atoms with Crippen LogP contribution in [0.2, 0.25) is 0 Å². The lowest BCUT2D eigenvalue weighted by molar-refractivity contribution is 0.460. The summed E-state index contributed by atoms with van der Waals surface area (Å²) < 4.78 is 23.8. The van der Waals surface area contributed by atoms with Crippen molar-refractivity contribution in [2.24, 2.45) is 0 Å². The number of nitrogens with zero attached hydrogens (tertiary/aromatic N) is 2. The smallest absolute Gasteiger partial charge is 0.226 e. The Morgan fingerprint density at radius 2 is 2.04 bits per heavy atom. The summed E-state index contributed by atoms with van der Waals surface area (Å²) in [4.78, 5) is 8.46. The molecule has 0 spiro atoms. The average Bonchev–Trinajstić information content (AvgIpc) is 3.03. The van der Waals surface area contributed by atoms with Crippen molar-refractivity contribution >= 4 is 5.95 Å². The molecule has 1 unspecified atom stereocenters. The van der Waals surface area contributed by atoms with Gasteiger partial charge in [-0.15, -0.1) is 0 Å². The summed E-state index contributed by atoms with van der Waals surface area (Å²) in [5, 5.41) is 3.19. The van der Waals surface area contributed by atoms with Crippen LogP contribution in [0.5, 0.6) is 11.6 Å². The third kappa shape index (κ3) is 4.29. The Kier molecular flexibility index (Phi) is 4.52. The van der Waals surface area contributed by atoms with Crippen LogP contribution in [0.3, 0.4) is 0 Å². The third-order valence-electron chi connectivity index (χ3n) is 3.13. The van der Waals surface area contributed by atoms with Gasteiger partial charge in [-0.25, -0.2) is 9.37 Å². The Bertz CT molecular complexity index is 745. The molecule has 3 aromatic rings. The lowest BCUT2D eigenvalue weighted by atomic mass is 10.2. The Balaban J connectivity index is 1.63. The van der Waals surface area contributed by atoms with Crippen LogP contribution in [0.15, 0.2) is 59.3 Å². The fourth-order valence-electron chi connectivity index (χ4n) is 2.09. The van der Waals surface area contributed by atoms with E-state index in [1.165, 1.54) is 12.1 Å². The maximum Gasteiger partial charge on any atom is 0.226 e. The number of rotatable bonds is 6. The van der Waals surface area contributed by atoms with E-state index < -0.39 is 0 Å². The largest absolute Gasteiger partial charge is 0.469 e. The van der Waals surface area contributed by atoms with E-state index in [1.807, 2.05) is 19.1 Å². The number of hydrogen-bond donors (Lipinski definition) is 1. The van der Waals surface area contributed by atoms with E-state index in [-0.39, 0.29) is 11.9 Å². The topological polar surface area (TPSA) is 60.2 Å². The first-order valence-electron chi connectivity index (χ1n) is 7.24. The molecule has 6 heteroatoms. The van der Waals surface area contributed by atoms with Crippen LogP contribution in [0.1, 0.15) is 12.7 Å². The third-order valence-corrected chi connectivity index (χ3v) is 3.13. The second-order valence-electron chi connectivity index (χ2n) is 5.10. The molecule has 0 saturated carbocycles. The zero-order valence-electron chi connectivity index (χ0n) is 12.6. The maximum absolute atomic E-state index is 12.9. The number of benzene rings is 1. The summed E-state index contributed by atoms with van der Waals surface area (Å²) in [7, 11) is 0. The minimum absolute atomic E-state index is 0.0993. The number of aromatic nitrogens is 2. The van der Waals surface area contributed by atoms with Gasteiger partial charge >= 0.3 is 0 Å². The van der Waals surface area contributed by atoms with E-state index in [0.29, 0.717) is 17.6 Å². The van der Waals surface area contributed by atoms with E-state index in [2.05, 4.69) is 15.3 Å². The number of anilines is 1. The van der Waals surface area contributed by atoms with Crippen LogP contribution in [-0.2, 0) is 6.42 Å². The highest BCUT2D eigenvalue weighted by Crippen LogP contribution is 2.20. The van der Waals surface area contributed by atoms with Gasteiger partial charge in [-0.05, 0) is 43.3 Å². The van der Waals surface area contributed by atoms with Gasteiger partial charge < -0.3 is 14.5 Å². The zero-order chi connectivity index (χ0) is 16.1. The highest BCUT2D eigenvalue weighted by Gasteiger charge is 2.08. The molecule has 1 aromatic carbocycles. The molecular weight excluding hydrogens is 297 g/mol. The van der Waals surface area contributed by atoms with Crippen molar-refractivity contribution < 1.29 is 13.5 Å². The second kappa shape index (κ2) is 6.91. The molecule has 23 heavy (non-hydrogen) atoms. The molecule has 1 atom stereocenters. The van der Waals surface area contributed by atoms with Gasteiger partial charge in [-0.1, -0.05) is 0 Å². The van der Waals surface area contributed by atoms with Gasteiger partial charge in [0.1, 0.15) is 17.3 Å². The second-order valence-corrected chi connectivity index (χ2v) is 5.10. The fraction of sp³-hybridized carbons (Fsp3) is 0.176. The summed E-state index contributed by atoms with van der Waals surface area (Å²) in [6.07, 6.45) is 3.98. The Morgan fingerprint density at radius 3 is 2.78 bits per heavy atom. The number of ether oxygens (including phenoxy) is 1. The van der Waals surface area contributed by atoms with Crippen molar-refractivity contribution in [2.45, 2.75) is 19.4 Å². The van der Waals surface area contributed by atoms with Crippen LogP contribution < -0.4 is 10.1 Å². The molecule has 0 aliphatic heterocycles. The van der Waals surface area contributed by atoms with Gasteiger partial charge in [0, 0.05) is 24.7 Å². The summed E-state index contributed by atoms with van der Waals surface area (Å²) in [5.74, 6) is 1.94. The Morgan fingerprint density at radius 1 is 1.22 bits per heavy atom. The van der Waals surface area contributed by atoms with Crippen LogP contribution in [0.4, 0.5) is 10.3 Å². The Hall–Kier alpha value is -2.89. The average molecular weight is 313 g/mol. The molecule has 0 amide bonds. The summed E-state index contributed by atoms with van der Waals surface area (Å²) in [6.45, 7) is 2.01. The minimum Gasteiger partial charge on any atom is -0.469 e. The highest BCUT2D eigenvalue weighted by molar-refractivity contribution is 5.32. The van der Waals surface area contributed by atoms with E-state index >= 15 is 0 Å². The molecule has 0 radical (unpaired) electrons. The quantitative estimate of drug-likeness (QED) is 0.744. The van der Waals surface area contributed by atoms with Gasteiger partial charge in [0.15, 0.2) is 0 Å². The molecule has 0 fully saturated rings. The van der Waals surface area contributed by atoms with Crippen LogP contribution >= 0.6 is 0 Å². The molecule has 2 heterocycles. The van der Waals surface area contributed by atoms with Gasteiger partial charge in [0.2, 0.25) is 11.8 Å². The molecule has 0 aliphatic rings. The number of nitrogens with one attached hydrogen (secondary N) is 1. The molecule has 3 rings (SSSR count). The molecule has 2 aromatic heterocycles. The van der Waals surface area contributed by atoms with E-state index in [9.17, 15) is 4.39 Å². The normalized spacial score (nSPS) is 11.9. The molecule has 118 valence electrons. The predicted octanol–water partition coefficient (Wildman–Crippen LogP) is 4.04. The standard InChI is InChI=1S/C17H16FN3O2/c1-12(11-15-3-2-10-22-15)20-17-19-9-8-16(21-17)23-14-6-4-13(18)5-7-14/h2-10,12H,11H2,1H3,(H,19,20,21). The molecule has 1 N–H and O–H groups in total. The van der Waals surface area contributed by atoms with Crippen LogP contribution in [0.25, 0.3) is 0 Å². The van der Waals surface area contributed by atoms with Crippen molar-refractivity contribution in [3.63, 3.8) is 0 Å². The summed E-state index contributed by atoms with van der Waals surface area (Å²) in [6, 6.07) is 11.3. The minimum atomic E-state index is -0.311. The monoisotopic (exact) mass is 313 g/mol.